The maximum atomic E-state index is 13.2. The molecule has 36 heavy (non-hydrogen) atoms. The number of nitrogens with zero attached hydrogens (tertiary/aromatic N) is 2. The highest BCUT2D eigenvalue weighted by Gasteiger charge is 2.34. The first-order valence-electron chi connectivity index (χ1n) is 10.9. The van der Waals surface area contributed by atoms with Crippen molar-refractivity contribution >= 4 is 69.2 Å². The van der Waals surface area contributed by atoms with E-state index in [1.165, 1.54) is 23.1 Å². The standard InChI is InChI=1S/C26H20IN3O5S/c1-2-16-6-9-19(10-7-16)29-25(32)21(24(31)28-26(29)36)13-17-8-11-23(22(27)14-17)35-15-18-4-3-5-20(12-18)30(33)34/h3-14H,2,15H2,1H3,(H,28,31,36)/b21-13+. The van der Waals surface area contributed by atoms with E-state index in [1.807, 2.05) is 19.1 Å². The smallest absolute Gasteiger partial charge is 0.270 e. The number of rotatable bonds is 7. The summed E-state index contributed by atoms with van der Waals surface area (Å²) in [6.07, 6.45) is 2.38. The molecule has 1 N–H and O–H groups in total. The molecule has 3 aromatic rings. The number of hydrogen-bond donors (Lipinski definition) is 1. The lowest BCUT2D eigenvalue weighted by molar-refractivity contribution is -0.384. The van der Waals surface area contributed by atoms with Crippen LogP contribution in [0.25, 0.3) is 6.08 Å². The number of aryl methyl sites for hydroxylation is 1. The third kappa shape index (κ3) is 5.60. The van der Waals surface area contributed by atoms with Crippen LogP contribution in [-0.4, -0.2) is 21.9 Å². The number of nitro benzene ring substituents is 1. The molecule has 10 heteroatoms. The molecule has 3 aromatic carbocycles. The molecule has 182 valence electrons. The number of ether oxygens (including phenoxy) is 1. The largest absolute Gasteiger partial charge is 0.488 e. The van der Waals surface area contributed by atoms with E-state index in [1.54, 1.807) is 42.5 Å². The van der Waals surface area contributed by atoms with Gasteiger partial charge in [0.25, 0.3) is 17.5 Å². The lowest BCUT2D eigenvalue weighted by Gasteiger charge is -2.29. The zero-order chi connectivity index (χ0) is 25.8. The molecular weight excluding hydrogens is 593 g/mol. The average Bonchev–Trinajstić information content (AvgIpc) is 2.86. The van der Waals surface area contributed by atoms with Gasteiger partial charge in [0.2, 0.25) is 0 Å². The second-order valence-electron chi connectivity index (χ2n) is 7.88. The Labute approximate surface area is 226 Å². The van der Waals surface area contributed by atoms with E-state index in [-0.39, 0.29) is 23.0 Å². The molecule has 0 unspecified atom stereocenters. The Morgan fingerprint density at radius 3 is 2.50 bits per heavy atom. The Balaban J connectivity index is 1.53. The van der Waals surface area contributed by atoms with E-state index in [4.69, 9.17) is 17.0 Å². The van der Waals surface area contributed by atoms with Crippen LogP contribution in [0.15, 0.2) is 72.3 Å². The van der Waals surface area contributed by atoms with Gasteiger partial charge in [-0.1, -0.05) is 37.3 Å². The quantitative estimate of drug-likeness (QED) is 0.0986. The van der Waals surface area contributed by atoms with Crippen molar-refractivity contribution in [2.75, 3.05) is 4.90 Å². The molecule has 1 aliphatic rings. The summed E-state index contributed by atoms with van der Waals surface area (Å²) < 4.78 is 6.58. The van der Waals surface area contributed by atoms with Crippen LogP contribution in [0.1, 0.15) is 23.6 Å². The van der Waals surface area contributed by atoms with Crippen LogP contribution in [0.4, 0.5) is 11.4 Å². The van der Waals surface area contributed by atoms with Crippen molar-refractivity contribution in [1.82, 2.24) is 5.32 Å². The molecule has 1 aliphatic heterocycles. The predicted molar refractivity (Wildman–Crippen MR) is 149 cm³/mol. The van der Waals surface area contributed by atoms with E-state index in [9.17, 15) is 19.7 Å². The van der Waals surface area contributed by atoms with Gasteiger partial charge in [0.15, 0.2) is 5.11 Å². The summed E-state index contributed by atoms with van der Waals surface area (Å²) in [4.78, 5) is 37.6. The Morgan fingerprint density at radius 1 is 1.08 bits per heavy atom. The number of thiocarbonyl (C=S) groups is 1. The molecule has 0 spiro atoms. The first-order chi connectivity index (χ1) is 17.3. The highest BCUT2D eigenvalue weighted by atomic mass is 127. The van der Waals surface area contributed by atoms with Crippen molar-refractivity contribution in [1.29, 1.82) is 0 Å². The summed E-state index contributed by atoms with van der Waals surface area (Å²) >= 11 is 7.36. The highest BCUT2D eigenvalue weighted by Crippen LogP contribution is 2.27. The summed E-state index contributed by atoms with van der Waals surface area (Å²) in [6.45, 7) is 2.19. The van der Waals surface area contributed by atoms with E-state index in [0.29, 0.717) is 22.6 Å². The molecular formula is C26H20IN3O5S. The topological polar surface area (TPSA) is 102 Å². The minimum Gasteiger partial charge on any atom is -0.488 e. The molecule has 4 rings (SSSR count). The zero-order valence-electron chi connectivity index (χ0n) is 19.1. The molecule has 0 aromatic heterocycles. The molecule has 0 radical (unpaired) electrons. The third-order valence-electron chi connectivity index (χ3n) is 5.49. The van der Waals surface area contributed by atoms with Crippen LogP contribution in [0.3, 0.4) is 0 Å². The van der Waals surface area contributed by atoms with Crippen molar-refractivity contribution in [3.8, 4) is 5.75 Å². The van der Waals surface area contributed by atoms with E-state index >= 15 is 0 Å². The Bertz CT molecular complexity index is 1400. The van der Waals surface area contributed by atoms with Crippen LogP contribution in [0, 0.1) is 13.7 Å². The molecule has 1 fully saturated rings. The molecule has 0 aliphatic carbocycles. The maximum absolute atomic E-state index is 13.2. The normalized spacial score (nSPS) is 14.7. The molecule has 1 heterocycles. The lowest BCUT2D eigenvalue weighted by atomic mass is 10.1. The lowest BCUT2D eigenvalue weighted by Crippen LogP contribution is -2.54. The van der Waals surface area contributed by atoms with Gasteiger partial charge in [-0.2, -0.15) is 0 Å². The SMILES string of the molecule is CCc1ccc(N2C(=O)/C(=C/c3ccc(OCc4cccc([N+](=O)[O-])c4)c(I)c3)C(=O)NC2=S)cc1. The number of carbonyl (C=O) groups excluding carboxylic acids is 2. The van der Waals surface area contributed by atoms with E-state index in [2.05, 4.69) is 27.9 Å². The summed E-state index contributed by atoms with van der Waals surface area (Å²) in [5.41, 5.74) is 2.96. The van der Waals surface area contributed by atoms with Crippen LogP contribution in [0.5, 0.6) is 5.75 Å². The van der Waals surface area contributed by atoms with Gasteiger partial charge in [-0.3, -0.25) is 29.9 Å². The summed E-state index contributed by atoms with van der Waals surface area (Å²) in [5.74, 6) is -0.496. The van der Waals surface area contributed by atoms with Crippen molar-refractivity contribution in [3.63, 3.8) is 0 Å². The van der Waals surface area contributed by atoms with Gasteiger partial charge in [-0.05, 0) is 88.3 Å². The number of hydrogen-bond acceptors (Lipinski definition) is 6. The number of anilines is 1. The number of amides is 2. The van der Waals surface area contributed by atoms with Gasteiger partial charge in [0.05, 0.1) is 14.2 Å². The molecule has 1 saturated heterocycles. The Kier molecular flexibility index (Phi) is 7.75. The maximum Gasteiger partial charge on any atom is 0.270 e. The van der Waals surface area contributed by atoms with Crippen molar-refractivity contribution in [2.24, 2.45) is 0 Å². The Hall–Kier alpha value is -3.64. The van der Waals surface area contributed by atoms with Gasteiger partial charge in [0.1, 0.15) is 17.9 Å². The van der Waals surface area contributed by atoms with Crippen molar-refractivity contribution < 1.29 is 19.2 Å². The summed E-state index contributed by atoms with van der Waals surface area (Å²) in [7, 11) is 0. The third-order valence-corrected chi connectivity index (χ3v) is 6.61. The first kappa shape index (κ1) is 25.5. The van der Waals surface area contributed by atoms with Gasteiger partial charge in [-0.15, -0.1) is 0 Å². The Morgan fingerprint density at radius 2 is 1.83 bits per heavy atom. The number of benzene rings is 3. The first-order valence-corrected chi connectivity index (χ1v) is 12.4. The molecule has 0 atom stereocenters. The monoisotopic (exact) mass is 613 g/mol. The number of carbonyl (C=O) groups is 2. The molecule has 0 saturated carbocycles. The second kappa shape index (κ2) is 11.0. The van der Waals surface area contributed by atoms with Crippen molar-refractivity contribution in [3.05, 3.63) is 103 Å². The fraction of sp³-hybridized carbons (Fsp3) is 0.115. The van der Waals surface area contributed by atoms with Crippen LogP contribution >= 0.6 is 34.8 Å². The number of halogens is 1. The second-order valence-corrected chi connectivity index (χ2v) is 9.43. The van der Waals surface area contributed by atoms with E-state index in [0.717, 1.165) is 15.6 Å². The summed E-state index contributed by atoms with van der Waals surface area (Å²) in [5, 5.41) is 13.6. The highest BCUT2D eigenvalue weighted by molar-refractivity contribution is 14.1. The van der Waals surface area contributed by atoms with Crippen LogP contribution in [-0.2, 0) is 22.6 Å². The average molecular weight is 613 g/mol. The van der Waals surface area contributed by atoms with Gasteiger partial charge in [-0.25, -0.2) is 0 Å². The fourth-order valence-electron chi connectivity index (χ4n) is 3.58. The zero-order valence-corrected chi connectivity index (χ0v) is 22.0. The molecule has 0 bridgehead atoms. The van der Waals surface area contributed by atoms with Gasteiger partial charge < -0.3 is 4.74 Å². The van der Waals surface area contributed by atoms with Crippen molar-refractivity contribution in [2.45, 2.75) is 20.0 Å². The van der Waals surface area contributed by atoms with Crippen LogP contribution < -0.4 is 15.0 Å². The number of non-ortho nitro benzene ring substituents is 1. The van der Waals surface area contributed by atoms with Crippen LogP contribution in [0.2, 0.25) is 0 Å². The number of nitro groups is 1. The van der Waals surface area contributed by atoms with E-state index < -0.39 is 16.7 Å². The molecule has 8 nitrogen and oxygen atoms in total. The minimum atomic E-state index is -0.563. The fourth-order valence-corrected chi connectivity index (χ4v) is 4.56. The molecule has 2 amide bonds. The summed E-state index contributed by atoms with van der Waals surface area (Å²) in [6, 6.07) is 18.9. The van der Waals surface area contributed by atoms with Gasteiger partial charge in [0, 0.05) is 12.1 Å². The predicted octanol–water partition coefficient (Wildman–Crippen LogP) is 5.17. The van der Waals surface area contributed by atoms with Gasteiger partial charge >= 0.3 is 0 Å². The number of nitrogens with one attached hydrogen (secondary N) is 1. The minimum absolute atomic E-state index is 0.00183.